The van der Waals surface area contributed by atoms with Crippen LogP contribution in [0.15, 0.2) is 12.1 Å². The smallest absolute Gasteiger partial charge is 0.170 e. The minimum absolute atomic E-state index is 0.100. The van der Waals surface area contributed by atoms with Gasteiger partial charge in [0.05, 0.1) is 0 Å². The third-order valence-corrected chi connectivity index (χ3v) is 2.16. The molecule has 0 atom stereocenters. The Kier molecular flexibility index (Phi) is 4.74. The summed E-state index contributed by atoms with van der Waals surface area (Å²) < 4.78 is 39.1. The summed E-state index contributed by atoms with van der Waals surface area (Å²) >= 11 is 4.86. The van der Waals surface area contributed by atoms with Crippen LogP contribution in [0.5, 0.6) is 0 Å². The number of hydrogen-bond acceptors (Lipinski definition) is 1. The number of thiocarbonyl (C=S) groups is 1. The van der Waals surface area contributed by atoms with Crippen LogP contribution in [0.3, 0.4) is 0 Å². The predicted octanol–water partition coefficient (Wildman–Crippen LogP) is 3.05. The van der Waals surface area contributed by atoms with Gasteiger partial charge in [-0.1, -0.05) is 13.8 Å². The number of nitrogens with one attached hydrogen (secondary N) is 2. The maximum atomic E-state index is 13.2. The molecule has 94 valence electrons. The van der Waals surface area contributed by atoms with Crippen molar-refractivity contribution in [3.05, 3.63) is 29.6 Å². The van der Waals surface area contributed by atoms with Crippen molar-refractivity contribution in [3.63, 3.8) is 0 Å². The lowest BCUT2D eigenvalue weighted by Gasteiger charge is -2.13. The summed E-state index contributed by atoms with van der Waals surface area (Å²) in [4.78, 5) is 0. The number of halogens is 3. The molecule has 0 saturated heterocycles. The second kappa shape index (κ2) is 5.86. The van der Waals surface area contributed by atoms with Crippen molar-refractivity contribution >= 4 is 23.0 Å². The molecule has 0 heterocycles. The molecule has 0 aromatic heterocycles. The zero-order valence-electron chi connectivity index (χ0n) is 9.48. The largest absolute Gasteiger partial charge is 0.362 e. The SMILES string of the molecule is CC(C)CNC(=S)Nc1c(F)cc(F)cc1F. The first-order chi connectivity index (χ1) is 7.90. The summed E-state index contributed by atoms with van der Waals surface area (Å²) in [5, 5.41) is 5.26. The third-order valence-electron chi connectivity index (χ3n) is 1.92. The lowest BCUT2D eigenvalue weighted by atomic mass is 10.2. The average molecular weight is 262 g/mol. The quantitative estimate of drug-likeness (QED) is 0.819. The molecule has 1 rings (SSSR count). The van der Waals surface area contributed by atoms with E-state index in [1.54, 1.807) is 0 Å². The van der Waals surface area contributed by atoms with Gasteiger partial charge in [-0.15, -0.1) is 0 Å². The topological polar surface area (TPSA) is 24.1 Å². The summed E-state index contributed by atoms with van der Waals surface area (Å²) in [5.41, 5.74) is -0.451. The van der Waals surface area contributed by atoms with Crippen LogP contribution in [-0.2, 0) is 0 Å². The average Bonchev–Trinajstić information content (AvgIpc) is 2.20. The minimum atomic E-state index is -1.02. The first-order valence-corrected chi connectivity index (χ1v) is 5.50. The molecule has 0 radical (unpaired) electrons. The highest BCUT2D eigenvalue weighted by atomic mass is 32.1. The van der Waals surface area contributed by atoms with Crippen molar-refractivity contribution in [2.45, 2.75) is 13.8 Å². The molecule has 2 N–H and O–H groups in total. The van der Waals surface area contributed by atoms with Crippen molar-refractivity contribution in [2.75, 3.05) is 11.9 Å². The molecular weight excluding hydrogens is 249 g/mol. The first-order valence-electron chi connectivity index (χ1n) is 5.09. The van der Waals surface area contributed by atoms with Crippen LogP contribution in [0.25, 0.3) is 0 Å². The van der Waals surface area contributed by atoms with Crippen LogP contribution >= 0.6 is 12.2 Å². The molecule has 2 nitrogen and oxygen atoms in total. The molecule has 0 unspecified atom stereocenters. The second-order valence-corrected chi connectivity index (χ2v) is 4.38. The van der Waals surface area contributed by atoms with E-state index in [9.17, 15) is 13.2 Å². The van der Waals surface area contributed by atoms with Gasteiger partial charge in [0, 0.05) is 18.7 Å². The van der Waals surface area contributed by atoms with Crippen LogP contribution in [0.2, 0.25) is 0 Å². The maximum absolute atomic E-state index is 13.2. The molecule has 17 heavy (non-hydrogen) atoms. The zero-order valence-corrected chi connectivity index (χ0v) is 10.3. The van der Waals surface area contributed by atoms with E-state index in [1.807, 2.05) is 13.8 Å². The van der Waals surface area contributed by atoms with Gasteiger partial charge in [0.1, 0.15) is 11.5 Å². The fourth-order valence-electron chi connectivity index (χ4n) is 1.12. The Morgan fingerprint density at radius 3 is 2.24 bits per heavy atom. The second-order valence-electron chi connectivity index (χ2n) is 3.97. The van der Waals surface area contributed by atoms with Gasteiger partial charge in [-0.3, -0.25) is 0 Å². The third kappa shape index (κ3) is 4.22. The summed E-state index contributed by atoms with van der Waals surface area (Å²) in [7, 11) is 0. The molecule has 0 spiro atoms. The van der Waals surface area contributed by atoms with Gasteiger partial charge < -0.3 is 10.6 Å². The van der Waals surface area contributed by atoms with E-state index < -0.39 is 23.1 Å². The zero-order chi connectivity index (χ0) is 13.0. The normalized spacial score (nSPS) is 10.5. The fourth-order valence-corrected chi connectivity index (χ4v) is 1.30. The van der Waals surface area contributed by atoms with Gasteiger partial charge in [0.2, 0.25) is 0 Å². The lowest BCUT2D eigenvalue weighted by molar-refractivity contribution is 0.549. The summed E-state index contributed by atoms with van der Waals surface area (Å²) in [6.45, 7) is 4.51. The molecule has 1 aromatic rings. The number of benzene rings is 1. The van der Waals surface area contributed by atoms with E-state index >= 15 is 0 Å². The van der Waals surface area contributed by atoms with Crippen molar-refractivity contribution in [3.8, 4) is 0 Å². The number of rotatable bonds is 3. The fraction of sp³-hybridized carbons (Fsp3) is 0.364. The monoisotopic (exact) mass is 262 g/mol. The van der Waals surface area contributed by atoms with Crippen molar-refractivity contribution in [1.82, 2.24) is 5.32 Å². The maximum Gasteiger partial charge on any atom is 0.170 e. The Morgan fingerprint density at radius 1 is 1.24 bits per heavy atom. The Morgan fingerprint density at radius 2 is 1.76 bits per heavy atom. The van der Waals surface area contributed by atoms with Crippen LogP contribution in [0, 0.1) is 23.4 Å². The Balaban J connectivity index is 2.72. The first kappa shape index (κ1) is 13.8. The van der Waals surface area contributed by atoms with Gasteiger partial charge in [-0.05, 0) is 18.1 Å². The summed E-state index contributed by atoms with van der Waals surface area (Å²) in [5.74, 6) is -2.66. The van der Waals surface area contributed by atoms with Crippen molar-refractivity contribution in [1.29, 1.82) is 0 Å². The predicted molar refractivity (Wildman–Crippen MR) is 65.4 cm³/mol. The Bertz CT molecular complexity index is 398. The van der Waals surface area contributed by atoms with Gasteiger partial charge in [-0.25, -0.2) is 13.2 Å². The molecule has 0 bridgehead atoms. The molecule has 0 aliphatic carbocycles. The van der Waals surface area contributed by atoms with Gasteiger partial charge in [0.25, 0.3) is 0 Å². The van der Waals surface area contributed by atoms with E-state index in [0.29, 0.717) is 24.6 Å². The van der Waals surface area contributed by atoms with Crippen LogP contribution in [-0.4, -0.2) is 11.7 Å². The van der Waals surface area contributed by atoms with Crippen molar-refractivity contribution < 1.29 is 13.2 Å². The Labute approximate surface area is 103 Å². The standard InChI is InChI=1S/C11H13F3N2S/c1-6(2)5-15-11(17)16-10-8(13)3-7(12)4-9(10)14/h3-4,6H,5H2,1-2H3,(H2,15,16,17). The molecular formula is C11H13F3N2S. The number of anilines is 1. The van der Waals surface area contributed by atoms with E-state index in [2.05, 4.69) is 10.6 Å². The molecule has 0 aliphatic heterocycles. The molecule has 0 amide bonds. The van der Waals surface area contributed by atoms with Crippen LogP contribution in [0.1, 0.15) is 13.8 Å². The number of hydrogen-bond donors (Lipinski definition) is 2. The molecule has 0 fully saturated rings. The lowest BCUT2D eigenvalue weighted by Crippen LogP contribution is -2.32. The van der Waals surface area contributed by atoms with E-state index in [4.69, 9.17) is 12.2 Å². The highest BCUT2D eigenvalue weighted by Gasteiger charge is 2.12. The van der Waals surface area contributed by atoms with E-state index in [-0.39, 0.29) is 5.11 Å². The molecule has 1 aromatic carbocycles. The Hall–Kier alpha value is -1.30. The van der Waals surface area contributed by atoms with Gasteiger partial charge in [0.15, 0.2) is 16.7 Å². The molecule has 0 saturated carbocycles. The highest BCUT2D eigenvalue weighted by Crippen LogP contribution is 2.19. The summed E-state index contributed by atoms with van der Waals surface area (Å²) in [6.07, 6.45) is 0. The molecule has 6 heteroatoms. The van der Waals surface area contributed by atoms with Crippen LogP contribution < -0.4 is 10.6 Å². The molecule has 0 aliphatic rings. The van der Waals surface area contributed by atoms with E-state index in [0.717, 1.165) is 0 Å². The van der Waals surface area contributed by atoms with E-state index in [1.165, 1.54) is 0 Å². The minimum Gasteiger partial charge on any atom is -0.362 e. The van der Waals surface area contributed by atoms with Gasteiger partial charge in [-0.2, -0.15) is 0 Å². The van der Waals surface area contributed by atoms with Crippen molar-refractivity contribution in [2.24, 2.45) is 5.92 Å². The summed E-state index contributed by atoms with van der Waals surface area (Å²) in [6, 6.07) is 1.19. The van der Waals surface area contributed by atoms with Gasteiger partial charge >= 0.3 is 0 Å². The van der Waals surface area contributed by atoms with Crippen LogP contribution in [0.4, 0.5) is 18.9 Å². The highest BCUT2D eigenvalue weighted by molar-refractivity contribution is 7.80.